The van der Waals surface area contributed by atoms with E-state index in [4.69, 9.17) is 4.74 Å². The van der Waals surface area contributed by atoms with Crippen LogP contribution in [0, 0.1) is 6.92 Å². The van der Waals surface area contributed by atoms with E-state index in [0.717, 1.165) is 42.9 Å². The summed E-state index contributed by atoms with van der Waals surface area (Å²) in [5.74, 6) is 0.0202. The van der Waals surface area contributed by atoms with Crippen LogP contribution in [0.3, 0.4) is 0 Å². The summed E-state index contributed by atoms with van der Waals surface area (Å²) in [5.41, 5.74) is 4.99. The van der Waals surface area contributed by atoms with Gasteiger partial charge in [-0.3, -0.25) is 4.90 Å². The lowest BCUT2D eigenvalue weighted by molar-refractivity contribution is 0.0697. The largest absolute Gasteiger partial charge is 0.496 e. The molecule has 1 aliphatic heterocycles. The number of carboxylic acid groups (broad SMARTS) is 1. The Morgan fingerprint density at radius 1 is 1.23 bits per heavy atom. The third-order valence-corrected chi connectivity index (χ3v) is 6.73. The molecule has 0 amide bonds. The number of aromatic carboxylic acids is 1. The molecule has 164 valence electrons. The lowest BCUT2D eigenvalue weighted by Crippen LogP contribution is -2.31. The summed E-state index contributed by atoms with van der Waals surface area (Å²) >= 11 is 0. The van der Waals surface area contributed by atoms with E-state index in [1.54, 1.807) is 19.2 Å². The monoisotopic (exact) mass is 421 g/mol. The zero-order chi connectivity index (χ0) is 22.1. The molecule has 1 aliphatic rings. The van der Waals surface area contributed by atoms with Gasteiger partial charge in [-0.1, -0.05) is 12.1 Å². The van der Waals surface area contributed by atoms with Crippen LogP contribution in [0.15, 0.2) is 42.6 Å². The molecule has 2 heterocycles. The van der Waals surface area contributed by atoms with Crippen molar-refractivity contribution in [3.8, 4) is 5.75 Å². The van der Waals surface area contributed by atoms with Crippen molar-refractivity contribution in [3.63, 3.8) is 0 Å². The number of fused-ring (bicyclic) bond motifs is 1. The van der Waals surface area contributed by atoms with E-state index in [1.807, 2.05) is 18.3 Å². The first-order valence-electron chi connectivity index (χ1n) is 10.8. The minimum absolute atomic E-state index is 0.197. The number of likely N-dealkylation sites (N-methyl/N-ethyl adjacent to an activating group) is 1. The number of nitrogens with zero attached hydrogens (tertiary/aromatic N) is 2. The molecule has 2 atom stereocenters. The van der Waals surface area contributed by atoms with Crippen LogP contribution in [-0.2, 0) is 6.54 Å². The van der Waals surface area contributed by atoms with E-state index in [0.29, 0.717) is 11.6 Å². The summed E-state index contributed by atoms with van der Waals surface area (Å²) in [4.78, 5) is 19.6. The fraction of sp³-hybridized carbons (Fsp3) is 0.400. The third kappa shape index (κ3) is 4.18. The first kappa shape index (κ1) is 21.4. The number of hydrogen-bond acceptors (Lipinski definition) is 4. The number of ether oxygens (including phenoxy) is 1. The molecule has 0 radical (unpaired) electrons. The summed E-state index contributed by atoms with van der Waals surface area (Å²) in [6.45, 7) is 7.04. The average molecular weight is 422 g/mol. The molecular formula is C25H31N3O3. The van der Waals surface area contributed by atoms with Gasteiger partial charge >= 0.3 is 5.97 Å². The minimum atomic E-state index is -0.892. The van der Waals surface area contributed by atoms with Crippen molar-refractivity contribution in [1.82, 2.24) is 14.8 Å². The summed E-state index contributed by atoms with van der Waals surface area (Å²) in [5, 5.41) is 10.5. The summed E-state index contributed by atoms with van der Waals surface area (Å²) in [7, 11) is 3.91. The zero-order valence-corrected chi connectivity index (χ0v) is 18.7. The first-order chi connectivity index (χ1) is 14.9. The second kappa shape index (κ2) is 8.73. The lowest BCUT2D eigenvalue weighted by Gasteiger charge is -2.31. The van der Waals surface area contributed by atoms with Gasteiger partial charge in [-0.15, -0.1) is 0 Å². The molecule has 2 aromatic carbocycles. The van der Waals surface area contributed by atoms with E-state index < -0.39 is 5.97 Å². The van der Waals surface area contributed by atoms with Crippen LogP contribution < -0.4 is 4.74 Å². The molecule has 4 rings (SSSR count). The molecule has 0 spiro atoms. The van der Waals surface area contributed by atoms with Crippen molar-refractivity contribution < 1.29 is 14.6 Å². The highest BCUT2D eigenvalue weighted by atomic mass is 16.5. The predicted octanol–water partition coefficient (Wildman–Crippen LogP) is 4.45. The third-order valence-electron chi connectivity index (χ3n) is 6.73. The molecule has 0 aliphatic carbocycles. The Bertz CT molecular complexity index is 1070. The van der Waals surface area contributed by atoms with E-state index in [2.05, 4.69) is 47.8 Å². The van der Waals surface area contributed by atoms with Crippen molar-refractivity contribution in [2.45, 2.75) is 38.9 Å². The van der Waals surface area contributed by atoms with Gasteiger partial charge in [-0.2, -0.15) is 0 Å². The van der Waals surface area contributed by atoms with Crippen LogP contribution in [0.25, 0.3) is 10.9 Å². The molecule has 2 unspecified atom stereocenters. The molecular weight excluding hydrogens is 390 g/mol. The van der Waals surface area contributed by atoms with Gasteiger partial charge in [0.05, 0.1) is 12.7 Å². The van der Waals surface area contributed by atoms with E-state index in [9.17, 15) is 9.90 Å². The highest BCUT2D eigenvalue weighted by Gasteiger charge is 2.29. The fourth-order valence-electron chi connectivity index (χ4n) is 4.68. The zero-order valence-electron chi connectivity index (χ0n) is 18.7. The number of H-pyrrole nitrogens is 1. The summed E-state index contributed by atoms with van der Waals surface area (Å²) in [6, 6.07) is 12.2. The Hall–Kier alpha value is -2.83. The molecule has 1 fully saturated rings. The Kier molecular flexibility index (Phi) is 6.03. The SMILES string of the molecule is COc1cc(C)c2[nH]ccc2c1CN1CCN(C)C(C)CC1c1ccc(C(=O)O)cc1. The van der Waals surface area contributed by atoms with Gasteiger partial charge < -0.3 is 19.7 Å². The normalized spacial score (nSPS) is 20.6. The van der Waals surface area contributed by atoms with Crippen molar-refractivity contribution in [2.75, 3.05) is 27.2 Å². The molecule has 0 saturated carbocycles. The minimum Gasteiger partial charge on any atom is -0.496 e. The molecule has 0 bridgehead atoms. The molecule has 2 N–H and O–H groups in total. The number of carbonyl (C=O) groups is 1. The predicted molar refractivity (Wildman–Crippen MR) is 123 cm³/mol. The van der Waals surface area contributed by atoms with Gasteiger partial charge in [0.2, 0.25) is 0 Å². The van der Waals surface area contributed by atoms with Crippen LogP contribution in [0.4, 0.5) is 0 Å². The van der Waals surface area contributed by atoms with E-state index in [-0.39, 0.29) is 6.04 Å². The highest BCUT2D eigenvalue weighted by molar-refractivity contribution is 5.88. The standard InChI is InChI=1S/C25H31N3O3/c1-16-13-23(31-4)21(20-9-10-26-24(16)20)15-28-12-11-27(3)17(2)14-22(28)18-5-7-19(8-6-18)25(29)30/h5-10,13,17,22,26H,11-12,14-15H2,1-4H3,(H,29,30). The van der Waals surface area contributed by atoms with Crippen LogP contribution in [0.5, 0.6) is 5.75 Å². The Morgan fingerprint density at radius 2 is 1.97 bits per heavy atom. The number of methoxy groups -OCH3 is 1. The van der Waals surface area contributed by atoms with Gasteiger partial charge in [0.25, 0.3) is 0 Å². The van der Waals surface area contributed by atoms with Crippen LogP contribution >= 0.6 is 0 Å². The van der Waals surface area contributed by atoms with Crippen LogP contribution in [0.1, 0.15) is 46.4 Å². The lowest BCUT2D eigenvalue weighted by atomic mass is 9.96. The van der Waals surface area contributed by atoms with Crippen molar-refractivity contribution in [2.24, 2.45) is 0 Å². The van der Waals surface area contributed by atoms with Crippen molar-refractivity contribution in [1.29, 1.82) is 0 Å². The number of benzene rings is 2. The smallest absolute Gasteiger partial charge is 0.335 e. The number of aromatic amines is 1. The van der Waals surface area contributed by atoms with Gasteiger partial charge in [-0.05, 0) is 62.7 Å². The molecule has 1 aromatic heterocycles. The van der Waals surface area contributed by atoms with Gasteiger partial charge in [0.15, 0.2) is 0 Å². The van der Waals surface area contributed by atoms with E-state index >= 15 is 0 Å². The maximum absolute atomic E-state index is 11.3. The highest BCUT2D eigenvalue weighted by Crippen LogP contribution is 2.36. The van der Waals surface area contributed by atoms with Crippen LogP contribution in [-0.4, -0.2) is 59.1 Å². The number of rotatable bonds is 5. The van der Waals surface area contributed by atoms with Gasteiger partial charge in [-0.25, -0.2) is 4.79 Å². The van der Waals surface area contributed by atoms with Crippen LogP contribution in [0.2, 0.25) is 0 Å². The van der Waals surface area contributed by atoms with Gasteiger partial charge in [0, 0.05) is 54.4 Å². The Labute approximate surface area is 183 Å². The molecule has 1 saturated heterocycles. The van der Waals surface area contributed by atoms with Gasteiger partial charge in [0.1, 0.15) is 5.75 Å². The second-order valence-electron chi connectivity index (χ2n) is 8.62. The van der Waals surface area contributed by atoms with E-state index in [1.165, 1.54) is 16.5 Å². The average Bonchev–Trinajstić information content (AvgIpc) is 3.21. The summed E-state index contributed by atoms with van der Waals surface area (Å²) in [6.07, 6.45) is 2.97. The number of nitrogens with one attached hydrogen (secondary N) is 1. The van der Waals surface area contributed by atoms with Crippen molar-refractivity contribution in [3.05, 3.63) is 64.8 Å². The molecule has 6 nitrogen and oxygen atoms in total. The maximum atomic E-state index is 11.3. The van der Waals surface area contributed by atoms with Crippen molar-refractivity contribution >= 4 is 16.9 Å². The topological polar surface area (TPSA) is 68.8 Å². The summed E-state index contributed by atoms with van der Waals surface area (Å²) < 4.78 is 5.79. The Morgan fingerprint density at radius 3 is 2.65 bits per heavy atom. The number of aromatic nitrogens is 1. The molecule has 3 aromatic rings. The quantitative estimate of drug-likeness (QED) is 0.637. The number of hydrogen-bond donors (Lipinski definition) is 2. The maximum Gasteiger partial charge on any atom is 0.335 e. The Balaban J connectivity index is 1.74. The number of aryl methyl sites for hydroxylation is 1. The fourth-order valence-corrected chi connectivity index (χ4v) is 4.68. The number of carboxylic acids is 1. The second-order valence-corrected chi connectivity index (χ2v) is 8.62. The first-order valence-corrected chi connectivity index (χ1v) is 10.8. The molecule has 31 heavy (non-hydrogen) atoms. The molecule has 6 heteroatoms.